The summed E-state index contributed by atoms with van der Waals surface area (Å²) in [6.07, 6.45) is 2.58. The maximum atomic E-state index is 14.1. The highest BCUT2D eigenvalue weighted by molar-refractivity contribution is 6.15. The highest BCUT2D eigenvalue weighted by atomic mass is 16.6. The van der Waals surface area contributed by atoms with Crippen molar-refractivity contribution < 1.29 is 38.5 Å². The Morgan fingerprint density at radius 2 is 1.67 bits per heavy atom. The fraction of sp³-hybridized carbons (Fsp3) is 0.600. The monoisotopic (exact) mass is 456 g/mol. The second kappa shape index (κ2) is 5.66. The summed E-state index contributed by atoms with van der Waals surface area (Å²) in [6.45, 7) is 14.0. The number of rotatable bonds is 0. The Kier molecular flexibility index (Phi) is 3.79. The molecule has 3 fully saturated rings. The van der Waals surface area contributed by atoms with Crippen LogP contribution in [-0.2, 0) is 33.4 Å². The van der Waals surface area contributed by atoms with E-state index < -0.39 is 62.8 Å². The Morgan fingerprint density at radius 3 is 2.27 bits per heavy atom. The number of Topliss-reactive ketones (excluding diaryl/α,β-unsaturated/α-hetero) is 1. The molecule has 5 rings (SSSR count). The molecule has 6 atom stereocenters. The van der Waals surface area contributed by atoms with Gasteiger partial charge in [-0.25, -0.2) is 9.59 Å². The van der Waals surface area contributed by atoms with Gasteiger partial charge in [-0.2, -0.15) is 0 Å². The Morgan fingerprint density at radius 1 is 1.03 bits per heavy atom. The van der Waals surface area contributed by atoms with E-state index in [0.29, 0.717) is 12.0 Å². The van der Waals surface area contributed by atoms with Crippen LogP contribution in [0.5, 0.6) is 0 Å². The fourth-order valence-corrected chi connectivity index (χ4v) is 7.49. The van der Waals surface area contributed by atoms with Crippen molar-refractivity contribution in [3.8, 4) is 0 Å². The third-order valence-corrected chi connectivity index (χ3v) is 9.42. The summed E-state index contributed by atoms with van der Waals surface area (Å²) in [6, 6.07) is 0. The van der Waals surface area contributed by atoms with E-state index in [2.05, 4.69) is 6.58 Å². The number of cyclic esters (lactones) is 2. The van der Waals surface area contributed by atoms with Gasteiger partial charge in [0.25, 0.3) is 0 Å². The number of carbonyl (C=O) groups excluding carboxylic acids is 4. The standard InChI is InChI=1S/C25H28O8/c1-12-16-17(27)22(7)13(2)24(18(28)31-14(3)25(24,30)19(29)33-22)21(16,6)10-11-23(12)9-8-15(26)32-20(23,4)5/h8-9,14,30H,2,10-11H2,1,3-7H3/t14-,21+,22+,23+,24+,25-/m1/s1. The van der Waals surface area contributed by atoms with Crippen LogP contribution < -0.4 is 0 Å². The van der Waals surface area contributed by atoms with Gasteiger partial charge in [0.2, 0.25) is 11.4 Å². The van der Waals surface area contributed by atoms with Crippen LogP contribution in [0.3, 0.4) is 0 Å². The zero-order valence-electron chi connectivity index (χ0n) is 19.7. The van der Waals surface area contributed by atoms with Crippen LogP contribution in [0.25, 0.3) is 0 Å². The Balaban J connectivity index is 1.90. The lowest BCUT2D eigenvalue weighted by atomic mass is 9.38. The molecule has 2 saturated heterocycles. The van der Waals surface area contributed by atoms with Crippen molar-refractivity contribution in [3.63, 3.8) is 0 Å². The maximum absolute atomic E-state index is 14.1. The SMILES string of the molecule is C=C1[C@]2(C)OC(=O)[C@]3(O)[C@@H](C)OC(=O)[C@]13[C@@]1(C)CC[C@@]3(C=CC(=O)OC3(C)C)C(C)=C1C2=O. The van der Waals surface area contributed by atoms with Crippen LogP contribution in [0.1, 0.15) is 54.4 Å². The zero-order valence-corrected chi connectivity index (χ0v) is 19.7. The highest BCUT2D eigenvalue weighted by Gasteiger charge is 2.87. The Hall–Kier alpha value is -2.74. The second-order valence-electron chi connectivity index (χ2n) is 10.9. The van der Waals surface area contributed by atoms with Crippen LogP contribution in [0, 0.1) is 16.2 Å². The molecule has 0 amide bonds. The van der Waals surface area contributed by atoms with Gasteiger partial charge in [0, 0.05) is 22.5 Å². The Bertz CT molecular complexity index is 1160. The molecule has 2 aliphatic carbocycles. The first-order chi connectivity index (χ1) is 15.1. The van der Waals surface area contributed by atoms with Gasteiger partial charge >= 0.3 is 17.9 Å². The second-order valence-corrected chi connectivity index (χ2v) is 10.9. The summed E-state index contributed by atoms with van der Waals surface area (Å²) in [7, 11) is 0. The number of ether oxygens (including phenoxy) is 3. The molecule has 8 heteroatoms. The lowest BCUT2D eigenvalue weighted by molar-refractivity contribution is -0.224. The van der Waals surface area contributed by atoms with Crippen LogP contribution >= 0.6 is 0 Å². The van der Waals surface area contributed by atoms with Gasteiger partial charge in [-0.1, -0.05) is 25.2 Å². The maximum Gasteiger partial charge on any atom is 0.345 e. The minimum atomic E-state index is -2.34. The summed E-state index contributed by atoms with van der Waals surface area (Å²) in [5, 5.41) is 11.8. The first-order valence-corrected chi connectivity index (χ1v) is 11.1. The van der Waals surface area contributed by atoms with Crippen LogP contribution in [-0.4, -0.2) is 51.7 Å². The lowest BCUT2D eigenvalue weighted by Crippen LogP contribution is -2.77. The van der Waals surface area contributed by atoms with E-state index in [1.165, 1.54) is 19.9 Å². The van der Waals surface area contributed by atoms with E-state index in [-0.39, 0.29) is 17.6 Å². The minimum absolute atomic E-state index is 0.0383. The molecule has 0 aromatic carbocycles. The predicted molar refractivity (Wildman–Crippen MR) is 113 cm³/mol. The fourth-order valence-electron chi connectivity index (χ4n) is 7.49. The van der Waals surface area contributed by atoms with Crippen LogP contribution in [0.2, 0.25) is 0 Å². The minimum Gasteiger partial charge on any atom is -0.458 e. The topological polar surface area (TPSA) is 116 Å². The van der Waals surface area contributed by atoms with Crippen molar-refractivity contribution >= 4 is 23.7 Å². The number of carbonyl (C=O) groups is 4. The molecular weight excluding hydrogens is 428 g/mol. The molecule has 0 radical (unpaired) electrons. The molecule has 1 saturated carbocycles. The quantitative estimate of drug-likeness (QED) is 0.335. The van der Waals surface area contributed by atoms with Crippen molar-refractivity contribution in [1.82, 2.24) is 0 Å². The van der Waals surface area contributed by atoms with E-state index in [4.69, 9.17) is 14.2 Å². The molecule has 8 nitrogen and oxygen atoms in total. The molecule has 2 bridgehead atoms. The average Bonchev–Trinajstić information content (AvgIpc) is 2.91. The van der Waals surface area contributed by atoms with Gasteiger partial charge in [0.15, 0.2) is 5.60 Å². The summed E-state index contributed by atoms with van der Waals surface area (Å²) in [4.78, 5) is 52.9. The van der Waals surface area contributed by atoms with Crippen LogP contribution in [0.15, 0.2) is 35.5 Å². The first kappa shape index (κ1) is 22.1. The number of hydrogen-bond acceptors (Lipinski definition) is 8. The molecule has 5 aliphatic rings. The number of hydrogen-bond donors (Lipinski definition) is 1. The molecule has 0 unspecified atom stereocenters. The molecule has 0 aromatic rings. The van der Waals surface area contributed by atoms with Crippen molar-refractivity contribution in [3.05, 3.63) is 35.5 Å². The van der Waals surface area contributed by atoms with Gasteiger partial charge in [0.05, 0.1) is 0 Å². The van der Waals surface area contributed by atoms with Gasteiger partial charge < -0.3 is 19.3 Å². The van der Waals surface area contributed by atoms with Gasteiger partial charge in [-0.05, 0) is 53.0 Å². The molecular formula is C25H28O8. The third-order valence-electron chi connectivity index (χ3n) is 9.42. The summed E-state index contributed by atoms with van der Waals surface area (Å²) < 4.78 is 16.7. The lowest BCUT2D eigenvalue weighted by Gasteiger charge is -2.64. The smallest absolute Gasteiger partial charge is 0.345 e. The molecule has 176 valence electrons. The van der Waals surface area contributed by atoms with Gasteiger partial charge in [-0.3, -0.25) is 9.59 Å². The van der Waals surface area contributed by atoms with E-state index in [1.807, 2.05) is 0 Å². The van der Waals surface area contributed by atoms with Crippen LogP contribution in [0.4, 0.5) is 0 Å². The van der Waals surface area contributed by atoms with E-state index >= 15 is 0 Å². The molecule has 2 spiro atoms. The van der Waals surface area contributed by atoms with Crippen molar-refractivity contribution in [2.24, 2.45) is 16.2 Å². The average molecular weight is 456 g/mol. The van der Waals surface area contributed by atoms with E-state index in [1.54, 1.807) is 33.8 Å². The van der Waals surface area contributed by atoms with Gasteiger partial charge in [-0.15, -0.1) is 0 Å². The van der Waals surface area contributed by atoms with Crippen molar-refractivity contribution in [2.75, 3.05) is 0 Å². The molecule has 3 heterocycles. The predicted octanol–water partition coefficient (Wildman–Crippen LogP) is 2.10. The summed E-state index contributed by atoms with van der Waals surface area (Å²) >= 11 is 0. The van der Waals surface area contributed by atoms with Gasteiger partial charge in [0.1, 0.15) is 17.1 Å². The molecule has 1 N–H and O–H groups in total. The first-order valence-electron chi connectivity index (χ1n) is 11.1. The Labute approximate surface area is 191 Å². The third kappa shape index (κ3) is 1.89. The van der Waals surface area contributed by atoms with Crippen molar-refractivity contribution in [2.45, 2.75) is 77.3 Å². The van der Waals surface area contributed by atoms with Crippen molar-refractivity contribution in [1.29, 1.82) is 0 Å². The normalized spacial score (nSPS) is 47.7. The number of fused-ring (bicyclic) bond motifs is 2. The van der Waals surface area contributed by atoms with E-state index in [9.17, 15) is 24.3 Å². The largest absolute Gasteiger partial charge is 0.458 e. The molecule has 33 heavy (non-hydrogen) atoms. The van der Waals surface area contributed by atoms with E-state index in [0.717, 1.165) is 0 Å². The highest BCUT2D eigenvalue weighted by Crippen LogP contribution is 2.74. The molecule has 3 aliphatic heterocycles. The number of aliphatic hydroxyl groups is 1. The zero-order chi connectivity index (χ0) is 24.6. The molecule has 0 aromatic heterocycles. The number of ketones is 1. The summed E-state index contributed by atoms with van der Waals surface area (Å²) in [5.41, 5.74) is -8.23. The summed E-state index contributed by atoms with van der Waals surface area (Å²) in [5.74, 6) is -2.80. The number of esters is 3.